The van der Waals surface area contributed by atoms with Crippen LogP contribution >= 0.6 is 0 Å². The summed E-state index contributed by atoms with van der Waals surface area (Å²) >= 11 is 0. The Labute approximate surface area is 204 Å². The summed E-state index contributed by atoms with van der Waals surface area (Å²) in [6.07, 6.45) is -1.05. The molecule has 1 heterocycles. The lowest BCUT2D eigenvalue weighted by atomic mass is 9.98. The van der Waals surface area contributed by atoms with Gasteiger partial charge in [-0.1, -0.05) is 48.5 Å². The Kier molecular flexibility index (Phi) is 7.99. The predicted molar refractivity (Wildman–Crippen MR) is 129 cm³/mol. The fraction of sp³-hybridized carbons (Fsp3) is 0.423. The number of aliphatic carboxylic acids is 1. The second kappa shape index (κ2) is 11.3. The van der Waals surface area contributed by atoms with Crippen molar-refractivity contribution in [1.29, 1.82) is 0 Å². The molecule has 0 bridgehead atoms. The molecule has 0 saturated carbocycles. The van der Waals surface area contributed by atoms with Gasteiger partial charge in [0.2, 0.25) is 5.91 Å². The molecule has 0 radical (unpaired) electrons. The molecule has 2 unspecified atom stereocenters. The molecule has 35 heavy (non-hydrogen) atoms. The van der Waals surface area contributed by atoms with E-state index < -0.39 is 24.0 Å². The first kappa shape index (κ1) is 24.7. The molecule has 0 aromatic heterocycles. The summed E-state index contributed by atoms with van der Waals surface area (Å²) in [5.41, 5.74) is 4.40. The van der Waals surface area contributed by atoms with E-state index in [0.717, 1.165) is 28.8 Å². The summed E-state index contributed by atoms with van der Waals surface area (Å²) < 4.78 is 11.0. The van der Waals surface area contributed by atoms with Crippen molar-refractivity contribution in [3.05, 3.63) is 59.7 Å². The van der Waals surface area contributed by atoms with Gasteiger partial charge in [0, 0.05) is 25.4 Å². The van der Waals surface area contributed by atoms with E-state index in [1.807, 2.05) is 43.4 Å². The van der Waals surface area contributed by atoms with Gasteiger partial charge in [-0.3, -0.25) is 14.5 Å². The van der Waals surface area contributed by atoms with Gasteiger partial charge in [-0.2, -0.15) is 0 Å². The van der Waals surface area contributed by atoms with Crippen LogP contribution in [0.3, 0.4) is 0 Å². The number of morpholine rings is 1. The molecule has 2 aliphatic rings. The SMILES string of the molecule is CN1CCOCC1CNC(=O)C(CCC(=O)O)NC(=O)OCC1c2ccccc2-c2ccccc21. The van der Waals surface area contributed by atoms with E-state index in [9.17, 15) is 14.4 Å². The maximum absolute atomic E-state index is 12.8. The van der Waals surface area contributed by atoms with Crippen LogP contribution < -0.4 is 10.6 Å². The largest absolute Gasteiger partial charge is 0.481 e. The maximum Gasteiger partial charge on any atom is 0.407 e. The highest BCUT2D eigenvalue weighted by Gasteiger charge is 2.30. The van der Waals surface area contributed by atoms with Gasteiger partial charge in [0.05, 0.1) is 19.3 Å². The molecule has 3 N–H and O–H groups in total. The molecule has 9 nitrogen and oxygen atoms in total. The number of carbonyl (C=O) groups excluding carboxylic acids is 2. The van der Waals surface area contributed by atoms with Crippen molar-refractivity contribution in [2.24, 2.45) is 0 Å². The van der Waals surface area contributed by atoms with Crippen LogP contribution in [-0.4, -0.2) is 80.0 Å². The zero-order valence-corrected chi connectivity index (χ0v) is 19.7. The van der Waals surface area contributed by atoms with Crippen LogP contribution in [0, 0.1) is 0 Å². The highest BCUT2D eigenvalue weighted by atomic mass is 16.5. The van der Waals surface area contributed by atoms with Gasteiger partial charge in [-0.25, -0.2) is 4.79 Å². The molecule has 186 valence electrons. The van der Waals surface area contributed by atoms with Gasteiger partial charge < -0.3 is 25.2 Å². The number of carboxylic acids is 1. The Morgan fingerprint density at radius 1 is 1.11 bits per heavy atom. The monoisotopic (exact) mass is 481 g/mol. The van der Waals surface area contributed by atoms with E-state index >= 15 is 0 Å². The highest BCUT2D eigenvalue weighted by Crippen LogP contribution is 2.44. The minimum Gasteiger partial charge on any atom is -0.481 e. The molecular formula is C26H31N3O6. The second-order valence-electron chi connectivity index (χ2n) is 8.91. The average molecular weight is 482 g/mol. The van der Waals surface area contributed by atoms with E-state index in [4.69, 9.17) is 14.6 Å². The Hall–Kier alpha value is -3.43. The lowest BCUT2D eigenvalue weighted by Gasteiger charge is -2.32. The van der Waals surface area contributed by atoms with E-state index in [-0.39, 0.29) is 31.4 Å². The van der Waals surface area contributed by atoms with Gasteiger partial charge >= 0.3 is 12.1 Å². The molecule has 4 rings (SSSR count). The number of nitrogens with zero attached hydrogens (tertiary/aromatic N) is 1. The zero-order chi connectivity index (χ0) is 24.8. The smallest absolute Gasteiger partial charge is 0.407 e. The molecule has 2 atom stereocenters. The first-order valence-corrected chi connectivity index (χ1v) is 11.8. The van der Waals surface area contributed by atoms with Crippen molar-refractivity contribution in [3.63, 3.8) is 0 Å². The van der Waals surface area contributed by atoms with E-state index in [1.165, 1.54) is 0 Å². The summed E-state index contributed by atoms with van der Waals surface area (Å²) in [7, 11) is 1.95. The van der Waals surface area contributed by atoms with Crippen molar-refractivity contribution < 1.29 is 29.0 Å². The quantitative estimate of drug-likeness (QED) is 0.503. The minimum atomic E-state index is -1.04. The predicted octanol–water partition coefficient (Wildman–Crippen LogP) is 2.21. The van der Waals surface area contributed by atoms with Gasteiger partial charge in [0.1, 0.15) is 12.6 Å². The van der Waals surface area contributed by atoms with E-state index in [2.05, 4.69) is 27.7 Å². The van der Waals surface area contributed by atoms with Crippen LogP contribution in [0.25, 0.3) is 11.1 Å². The number of hydrogen-bond acceptors (Lipinski definition) is 6. The molecule has 1 aliphatic carbocycles. The Morgan fingerprint density at radius 2 is 1.77 bits per heavy atom. The Bertz CT molecular complexity index is 1030. The standard InChI is InChI=1S/C26H31N3O6/c1-29-12-13-34-15-17(29)14-27-25(32)23(10-11-24(30)31)28-26(33)35-16-22-20-8-4-2-6-18(20)19-7-3-5-9-21(19)22/h2-9,17,22-23H,10-16H2,1H3,(H,27,32)(H,28,33)(H,30,31). The molecule has 0 spiro atoms. The Morgan fingerprint density at radius 3 is 2.40 bits per heavy atom. The number of carboxylic acid groups (broad SMARTS) is 1. The van der Waals surface area contributed by atoms with Crippen LogP contribution in [0.5, 0.6) is 0 Å². The van der Waals surface area contributed by atoms with Crippen LogP contribution in [0.4, 0.5) is 4.79 Å². The molecule has 1 fully saturated rings. The van der Waals surface area contributed by atoms with Crippen molar-refractivity contribution >= 4 is 18.0 Å². The third-order valence-corrected chi connectivity index (χ3v) is 6.63. The van der Waals surface area contributed by atoms with Gasteiger partial charge in [0.15, 0.2) is 0 Å². The number of benzene rings is 2. The summed E-state index contributed by atoms with van der Waals surface area (Å²) in [4.78, 5) is 38.6. The van der Waals surface area contributed by atoms with Gasteiger partial charge in [-0.15, -0.1) is 0 Å². The van der Waals surface area contributed by atoms with Crippen molar-refractivity contribution in [1.82, 2.24) is 15.5 Å². The number of fused-ring (bicyclic) bond motifs is 3. The van der Waals surface area contributed by atoms with E-state index in [0.29, 0.717) is 19.8 Å². The molecule has 2 aromatic carbocycles. The molecule has 2 aromatic rings. The van der Waals surface area contributed by atoms with Crippen molar-refractivity contribution in [2.45, 2.75) is 30.8 Å². The number of carbonyl (C=O) groups is 3. The number of amides is 2. The highest BCUT2D eigenvalue weighted by molar-refractivity contribution is 5.86. The first-order chi connectivity index (χ1) is 16.9. The van der Waals surface area contributed by atoms with Gasteiger partial charge in [-0.05, 0) is 35.7 Å². The zero-order valence-electron chi connectivity index (χ0n) is 19.7. The van der Waals surface area contributed by atoms with Crippen molar-refractivity contribution in [2.75, 3.05) is 40.0 Å². The number of hydrogen-bond donors (Lipinski definition) is 3. The molecular weight excluding hydrogens is 450 g/mol. The van der Waals surface area contributed by atoms with Gasteiger partial charge in [0.25, 0.3) is 0 Å². The third-order valence-electron chi connectivity index (χ3n) is 6.63. The molecule has 1 saturated heterocycles. The summed E-state index contributed by atoms with van der Waals surface area (Å²) in [6.45, 7) is 2.35. The molecule has 2 amide bonds. The van der Waals surface area contributed by atoms with Crippen LogP contribution in [0.1, 0.15) is 29.9 Å². The molecule has 9 heteroatoms. The minimum absolute atomic E-state index is 0.0160. The lowest BCUT2D eigenvalue weighted by molar-refractivity contribution is -0.137. The number of ether oxygens (including phenoxy) is 2. The number of nitrogens with one attached hydrogen (secondary N) is 2. The van der Waals surface area contributed by atoms with Crippen LogP contribution in [-0.2, 0) is 19.1 Å². The number of likely N-dealkylation sites (N-methyl/N-ethyl adjacent to an activating group) is 1. The normalized spacial score (nSPS) is 18.3. The number of alkyl carbamates (subject to hydrolysis) is 1. The molecule has 1 aliphatic heterocycles. The third kappa shape index (κ3) is 5.98. The van der Waals surface area contributed by atoms with Crippen molar-refractivity contribution in [3.8, 4) is 11.1 Å². The number of rotatable bonds is 9. The average Bonchev–Trinajstić information content (AvgIpc) is 3.18. The summed E-state index contributed by atoms with van der Waals surface area (Å²) in [6, 6.07) is 15.0. The lowest BCUT2D eigenvalue weighted by Crippen LogP contribution is -2.53. The fourth-order valence-electron chi connectivity index (χ4n) is 4.61. The summed E-state index contributed by atoms with van der Waals surface area (Å²) in [5, 5.41) is 14.5. The topological polar surface area (TPSA) is 117 Å². The van der Waals surface area contributed by atoms with E-state index in [1.54, 1.807) is 0 Å². The van der Waals surface area contributed by atoms with Crippen LogP contribution in [0.2, 0.25) is 0 Å². The fourth-order valence-corrected chi connectivity index (χ4v) is 4.61. The summed E-state index contributed by atoms with van der Waals surface area (Å²) in [5.74, 6) is -1.60. The maximum atomic E-state index is 12.8. The Balaban J connectivity index is 1.36. The second-order valence-corrected chi connectivity index (χ2v) is 8.91. The first-order valence-electron chi connectivity index (χ1n) is 11.8. The van der Waals surface area contributed by atoms with Crippen LogP contribution in [0.15, 0.2) is 48.5 Å².